The molecule has 2 N–H and O–H groups in total. The number of carbonyl (C=O) groups excluding carboxylic acids is 1. The van der Waals surface area contributed by atoms with Crippen LogP contribution < -0.4 is 10.9 Å². The van der Waals surface area contributed by atoms with Gasteiger partial charge in [0.05, 0.1) is 0 Å². The van der Waals surface area contributed by atoms with Gasteiger partial charge in [0.25, 0.3) is 5.56 Å². The lowest BCUT2D eigenvalue weighted by Crippen LogP contribution is -2.18. The van der Waals surface area contributed by atoms with Crippen LogP contribution in [0, 0.1) is 18.3 Å². The molecule has 5 nitrogen and oxygen atoms in total. The maximum atomic E-state index is 11.6. The lowest BCUT2D eigenvalue weighted by atomic mass is 9.96. The van der Waals surface area contributed by atoms with Gasteiger partial charge in [-0.05, 0) is 42.7 Å². The smallest absolute Gasteiger partial charge is 0.266 e. The Morgan fingerprint density at radius 1 is 1.19 bits per heavy atom. The maximum absolute atomic E-state index is 11.6. The van der Waals surface area contributed by atoms with E-state index in [1.165, 1.54) is 0 Å². The predicted octanol–water partition coefficient (Wildman–Crippen LogP) is 2.11. The van der Waals surface area contributed by atoms with E-state index in [2.05, 4.69) is 10.3 Å². The van der Waals surface area contributed by atoms with Crippen molar-refractivity contribution in [3.05, 3.63) is 51.4 Å². The molecule has 0 unspecified atom stereocenters. The van der Waals surface area contributed by atoms with Gasteiger partial charge in [0.15, 0.2) is 0 Å². The molecule has 0 saturated heterocycles. The summed E-state index contributed by atoms with van der Waals surface area (Å²) >= 11 is 0. The number of H-pyrrole nitrogens is 1. The Morgan fingerprint density at radius 3 is 2.76 bits per heavy atom. The molecule has 0 atom stereocenters. The summed E-state index contributed by atoms with van der Waals surface area (Å²) in [7, 11) is 0. The van der Waals surface area contributed by atoms with Crippen molar-refractivity contribution in [1.29, 1.82) is 5.26 Å². The van der Waals surface area contributed by atoms with Crippen LogP contribution in [0.4, 0.5) is 5.69 Å². The maximum Gasteiger partial charge on any atom is 0.266 e. The number of hydrogen-bond donors (Lipinski definition) is 2. The van der Waals surface area contributed by atoms with Crippen LogP contribution in [0.3, 0.4) is 0 Å². The van der Waals surface area contributed by atoms with Crippen LogP contribution in [-0.4, -0.2) is 10.9 Å². The summed E-state index contributed by atoms with van der Waals surface area (Å²) in [5.74, 6) is 0.0299. The monoisotopic (exact) mass is 279 g/mol. The fourth-order valence-corrected chi connectivity index (χ4v) is 2.56. The van der Waals surface area contributed by atoms with Crippen LogP contribution in [-0.2, 0) is 11.2 Å². The van der Waals surface area contributed by atoms with Crippen molar-refractivity contribution in [2.24, 2.45) is 0 Å². The second-order valence-electron chi connectivity index (χ2n) is 5.08. The first kappa shape index (κ1) is 13.1. The zero-order valence-electron chi connectivity index (χ0n) is 11.5. The summed E-state index contributed by atoms with van der Waals surface area (Å²) in [6, 6.07) is 9.25. The zero-order chi connectivity index (χ0) is 15.0. The summed E-state index contributed by atoms with van der Waals surface area (Å²) in [6.45, 7) is 1.80. The molecule has 0 fully saturated rings. The number of nitrogens with zero attached hydrogens (tertiary/aromatic N) is 1. The molecule has 0 spiro atoms. The summed E-state index contributed by atoms with van der Waals surface area (Å²) in [6.07, 6.45) is 1.17. The highest BCUT2D eigenvalue weighted by atomic mass is 16.1. The SMILES string of the molecule is Cc1[nH]c(=O)c(C#N)cc1-c1ccc2c(c1)CCC(=O)N2. The number of nitrogens with one attached hydrogen (secondary N) is 2. The van der Waals surface area contributed by atoms with E-state index >= 15 is 0 Å². The number of aromatic amines is 1. The molecular formula is C16H13N3O2. The van der Waals surface area contributed by atoms with Gasteiger partial charge in [0, 0.05) is 23.4 Å². The number of benzene rings is 1. The number of pyridine rings is 1. The van der Waals surface area contributed by atoms with Crippen LogP contribution in [0.15, 0.2) is 29.1 Å². The van der Waals surface area contributed by atoms with Crippen molar-refractivity contribution < 1.29 is 4.79 Å². The molecule has 0 aliphatic carbocycles. The first-order chi connectivity index (χ1) is 10.1. The molecule has 1 aliphatic heterocycles. The van der Waals surface area contributed by atoms with Crippen LogP contribution in [0.25, 0.3) is 11.1 Å². The highest BCUT2D eigenvalue weighted by Gasteiger charge is 2.16. The number of fused-ring (bicyclic) bond motifs is 1. The third-order valence-corrected chi connectivity index (χ3v) is 3.67. The van der Waals surface area contributed by atoms with Gasteiger partial charge in [0.2, 0.25) is 5.91 Å². The van der Waals surface area contributed by atoms with E-state index in [-0.39, 0.29) is 17.0 Å². The molecular weight excluding hydrogens is 266 g/mol. The van der Waals surface area contributed by atoms with Crippen LogP contribution in [0.1, 0.15) is 23.2 Å². The van der Waals surface area contributed by atoms with E-state index in [9.17, 15) is 9.59 Å². The van der Waals surface area contributed by atoms with Crippen molar-refractivity contribution >= 4 is 11.6 Å². The number of rotatable bonds is 1. The Hall–Kier alpha value is -2.87. The first-order valence-corrected chi connectivity index (χ1v) is 6.65. The average molecular weight is 279 g/mol. The van der Waals surface area contributed by atoms with Crippen molar-refractivity contribution in [2.75, 3.05) is 5.32 Å². The number of hydrogen-bond acceptors (Lipinski definition) is 3. The molecule has 1 aromatic carbocycles. The summed E-state index contributed by atoms with van der Waals surface area (Å²) in [5, 5.41) is 11.8. The van der Waals surface area contributed by atoms with Gasteiger partial charge in [0.1, 0.15) is 11.6 Å². The molecule has 2 aromatic rings. The Bertz CT molecular complexity index is 844. The molecule has 1 amide bonds. The van der Waals surface area contributed by atoms with E-state index in [0.29, 0.717) is 12.8 Å². The lowest BCUT2D eigenvalue weighted by molar-refractivity contribution is -0.116. The second-order valence-corrected chi connectivity index (χ2v) is 5.08. The van der Waals surface area contributed by atoms with Gasteiger partial charge in [-0.25, -0.2) is 0 Å². The van der Waals surface area contributed by atoms with Crippen LogP contribution in [0.5, 0.6) is 0 Å². The summed E-state index contributed by atoms with van der Waals surface area (Å²) in [5.41, 5.74) is 4.10. The largest absolute Gasteiger partial charge is 0.326 e. The Kier molecular flexibility index (Phi) is 3.07. The Balaban J connectivity index is 2.12. The highest BCUT2D eigenvalue weighted by Crippen LogP contribution is 2.29. The number of aryl methyl sites for hydroxylation is 2. The Labute approximate surface area is 121 Å². The van der Waals surface area contributed by atoms with E-state index in [1.54, 1.807) is 13.0 Å². The third kappa shape index (κ3) is 2.32. The van der Waals surface area contributed by atoms with E-state index in [0.717, 1.165) is 28.1 Å². The van der Waals surface area contributed by atoms with Gasteiger partial charge in [-0.15, -0.1) is 0 Å². The topological polar surface area (TPSA) is 85.8 Å². The number of nitriles is 1. The van der Waals surface area contributed by atoms with Gasteiger partial charge < -0.3 is 10.3 Å². The fourth-order valence-electron chi connectivity index (χ4n) is 2.56. The van der Waals surface area contributed by atoms with Crippen molar-refractivity contribution in [3.63, 3.8) is 0 Å². The molecule has 1 aromatic heterocycles. The highest BCUT2D eigenvalue weighted by molar-refractivity contribution is 5.94. The second kappa shape index (κ2) is 4.91. The van der Waals surface area contributed by atoms with Crippen molar-refractivity contribution in [3.8, 4) is 17.2 Å². The minimum absolute atomic E-state index is 0.0299. The van der Waals surface area contributed by atoms with Gasteiger partial charge in [-0.3, -0.25) is 9.59 Å². The molecule has 104 valence electrons. The molecule has 5 heteroatoms. The van der Waals surface area contributed by atoms with Crippen LogP contribution >= 0.6 is 0 Å². The molecule has 0 bridgehead atoms. The molecule has 1 aliphatic rings. The molecule has 0 radical (unpaired) electrons. The molecule has 2 heterocycles. The van der Waals surface area contributed by atoms with Crippen molar-refractivity contribution in [1.82, 2.24) is 4.98 Å². The number of anilines is 1. The third-order valence-electron chi connectivity index (χ3n) is 3.67. The normalized spacial score (nSPS) is 13.2. The molecule has 0 saturated carbocycles. The van der Waals surface area contributed by atoms with Gasteiger partial charge >= 0.3 is 0 Å². The zero-order valence-corrected chi connectivity index (χ0v) is 11.5. The molecule has 3 rings (SSSR count). The number of carbonyl (C=O) groups is 1. The van der Waals surface area contributed by atoms with E-state index in [1.807, 2.05) is 24.3 Å². The van der Waals surface area contributed by atoms with Gasteiger partial charge in [-0.2, -0.15) is 5.26 Å². The minimum atomic E-state index is -0.371. The van der Waals surface area contributed by atoms with E-state index in [4.69, 9.17) is 5.26 Å². The number of aromatic nitrogens is 1. The number of amides is 1. The van der Waals surface area contributed by atoms with Crippen LogP contribution in [0.2, 0.25) is 0 Å². The quantitative estimate of drug-likeness (QED) is 0.838. The summed E-state index contributed by atoms with van der Waals surface area (Å²) < 4.78 is 0. The van der Waals surface area contributed by atoms with Gasteiger partial charge in [-0.1, -0.05) is 6.07 Å². The average Bonchev–Trinajstić information content (AvgIpc) is 2.47. The predicted molar refractivity (Wildman–Crippen MR) is 78.9 cm³/mol. The lowest BCUT2D eigenvalue weighted by Gasteiger charge is -2.18. The molecule has 21 heavy (non-hydrogen) atoms. The minimum Gasteiger partial charge on any atom is -0.326 e. The van der Waals surface area contributed by atoms with Crippen molar-refractivity contribution in [2.45, 2.75) is 19.8 Å². The summed E-state index contributed by atoms with van der Waals surface area (Å²) in [4.78, 5) is 25.7. The first-order valence-electron chi connectivity index (χ1n) is 6.65. The van der Waals surface area contributed by atoms with E-state index < -0.39 is 0 Å². The Morgan fingerprint density at radius 2 is 2.00 bits per heavy atom. The standard InChI is InChI=1S/C16H13N3O2/c1-9-13(7-12(8-17)16(21)18-9)10-2-4-14-11(6-10)3-5-15(20)19-14/h2,4,6-7H,3,5H2,1H3,(H,18,21)(H,19,20). The fraction of sp³-hybridized carbons (Fsp3) is 0.188.